The molecule has 5 heterocycles. The molecule has 0 radical (unpaired) electrons. The quantitative estimate of drug-likeness (QED) is 0.658. The van der Waals surface area contributed by atoms with Crippen molar-refractivity contribution >= 4 is 12.1 Å². The van der Waals surface area contributed by atoms with E-state index in [1.165, 1.54) is 31.2 Å². The number of urea groups is 1. The van der Waals surface area contributed by atoms with E-state index >= 15 is 0 Å². The van der Waals surface area contributed by atoms with Gasteiger partial charge in [-0.05, 0) is 87.9 Å². The van der Waals surface area contributed by atoms with Crippen LogP contribution in [0.2, 0.25) is 0 Å². The third-order valence-electron chi connectivity index (χ3n) is 9.44. The van der Waals surface area contributed by atoms with Gasteiger partial charge in [-0.15, -0.1) is 0 Å². The second kappa shape index (κ2) is 9.26. The van der Waals surface area contributed by atoms with E-state index in [0.717, 1.165) is 57.7 Å². The number of aromatic nitrogens is 1. The summed E-state index contributed by atoms with van der Waals surface area (Å²) in [4.78, 5) is 38.8. The van der Waals surface area contributed by atoms with Crippen LogP contribution in [0.1, 0.15) is 63.1 Å². The molecule has 1 unspecified atom stereocenters. The van der Waals surface area contributed by atoms with Gasteiger partial charge in [0, 0.05) is 44.5 Å². The van der Waals surface area contributed by atoms with E-state index < -0.39 is 0 Å². The van der Waals surface area contributed by atoms with Gasteiger partial charge >= 0.3 is 12.1 Å². The zero-order valence-corrected chi connectivity index (χ0v) is 21.0. The van der Waals surface area contributed by atoms with Crippen molar-refractivity contribution in [2.75, 3.05) is 39.3 Å². The molecule has 4 aliphatic heterocycles. The van der Waals surface area contributed by atoms with Crippen LogP contribution in [0.3, 0.4) is 0 Å². The molecule has 0 aromatic carbocycles. The highest BCUT2D eigenvalue weighted by molar-refractivity contribution is 5.76. The summed E-state index contributed by atoms with van der Waals surface area (Å²) in [5, 5.41) is 0. The molecule has 5 aliphatic rings. The predicted octanol–water partition coefficient (Wildman–Crippen LogP) is 3.70. The lowest BCUT2D eigenvalue weighted by Gasteiger charge is -2.52. The molecule has 0 N–H and O–H groups in total. The first-order valence-electron chi connectivity index (χ1n) is 13.7. The molecule has 6 rings (SSSR count). The molecule has 8 nitrogen and oxygen atoms in total. The van der Waals surface area contributed by atoms with Crippen molar-refractivity contribution in [1.82, 2.24) is 24.6 Å². The van der Waals surface area contributed by atoms with Gasteiger partial charge in [0.2, 0.25) is 0 Å². The Morgan fingerprint density at radius 3 is 2.69 bits per heavy atom. The number of hydrogen-bond donors (Lipinski definition) is 0. The number of carbonyl (C=O) groups is 2. The number of fused-ring (bicyclic) bond motifs is 1. The van der Waals surface area contributed by atoms with Crippen LogP contribution in [0.4, 0.5) is 9.59 Å². The lowest BCUT2D eigenvalue weighted by molar-refractivity contribution is -0.0149. The fourth-order valence-corrected chi connectivity index (χ4v) is 7.54. The van der Waals surface area contributed by atoms with Gasteiger partial charge in [-0.3, -0.25) is 4.98 Å². The lowest BCUT2D eigenvalue weighted by atomic mass is 9.64. The first-order valence-corrected chi connectivity index (χ1v) is 13.7. The van der Waals surface area contributed by atoms with Gasteiger partial charge in [-0.1, -0.05) is 6.07 Å². The highest BCUT2D eigenvalue weighted by Crippen LogP contribution is 2.51. The second-order valence-electron chi connectivity index (χ2n) is 11.5. The Morgan fingerprint density at radius 1 is 1.09 bits per heavy atom. The summed E-state index contributed by atoms with van der Waals surface area (Å²) in [6.07, 6.45) is 9.88. The Balaban J connectivity index is 0.989. The molecule has 0 bridgehead atoms. The zero-order valence-electron chi connectivity index (χ0n) is 21.0. The molecule has 1 saturated carbocycles. The maximum absolute atomic E-state index is 13.4. The maximum atomic E-state index is 13.4. The average Bonchev–Trinajstić information content (AvgIpc) is 3.61. The number of rotatable bonds is 3. The van der Waals surface area contributed by atoms with Gasteiger partial charge < -0.3 is 24.3 Å². The lowest BCUT2D eigenvalue weighted by Crippen LogP contribution is -2.55. The van der Waals surface area contributed by atoms with Crippen LogP contribution in [0.25, 0.3) is 0 Å². The number of amides is 3. The molecule has 4 fully saturated rings. The zero-order chi connectivity index (χ0) is 24.0. The van der Waals surface area contributed by atoms with Gasteiger partial charge in [0.05, 0.1) is 18.8 Å². The normalized spacial score (nSPS) is 31.2. The highest BCUT2D eigenvalue weighted by atomic mass is 16.6. The van der Waals surface area contributed by atoms with Crippen molar-refractivity contribution in [3.8, 4) is 0 Å². The van der Waals surface area contributed by atoms with Crippen LogP contribution in [0.5, 0.6) is 0 Å². The van der Waals surface area contributed by atoms with E-state index in [0.29, 0.717) is 43.1 Å². The van der Waals surface area contributed by atoms with Gasteiger partial charge in [0.1, 0.15) is 0 Å². The molecule has 1 aliphatic carbocycles. The summed E-state index contributed by atoms with van der Waals surface area (Å²) in [7, 11) is 0. The fraction of sp³-hybridized carbons (Fsp3) is 0.741. The van der Waals surface area contributed by atoms with Crippen molar-refractivity contribution < 1.29 is 14.3 Å². The largest absolute Gasteiger partial charge is 0.450 e. The van der Waals surface area contributed by atoms with Crippen molar-refractivity contribution in [1.29, 1.82) is 0 Å². The van der Waals surface area contributed by atoms with Crippen molar-refractivity contribution in [3.63, 3.8) is 0 Å². The first-order chi connectivity index (χ1) is 17.0. The minimum atomic E-state index is -0.140. The van der Waals surface area contributed by atoms with Gasteiger partial charge in [-0.2, -0.15) is 0 Å². The number of hydrogen-bond acceptors (Lipinski definition) is 5. The molecule has 8 heteroatoms. The minimum Gasteiger partial charge on any atom is -0.450 e. The van der Waals surface area contributed by atoms with Crippen molar-refractivity contribution in [2.24, 2.45) is 11.3 Å². The van der Waals surface area contributed by atoms with E-state index in [9.17, 15) is 9.59 Å². The Hall–Kier alpha value is -2.35. The monoisotopic (exact) mass is 481 g/mol. The van der Waals surface area contributed by atoms with E-state index in [-0.39, 0.29) is 12.1 Å². The molecule has 35 heavy (non-hydrogen) atoms. The molecular formula is C27H39N5O3. The number of nitrogens with zero attached hydrogens (tertiary/aromatic N) is 5. The topological polar surface area (TPSA) is 69.2 Å². The number of carbonyl (C=O) groups excluding carboxylic acids is 2. The van der Waals surface area contributed by atoms with Crippen LogP contribution in [0.15, 0.2) is 18.3 Å². The second-order valence-corrected chi connectivity index (χ2v) is 11.5. The number of pyridine rings is 1. The SMILES string of the molecule is CCOC(=O)N1CCC2(CC(N3CCC(C4CCCN4C(=O)N4Cc5cccnc5C4)CC3)C2)C1. The van der Waals surface area contributed by atoms with E-state index in [1.807, 2.05) is 29.0 Å². The van der Waals surface area contributed by atoms with Crippen LogP contribution >= 0.6 is 0 Å². The average molecular weight is 482 g/mol. The van der Waals surface area contributed by atoms with E-state index in [2.05, 4.69) is 20.9 Å². The third-order valence-corrected chi connectivity index (χ3v) is 9.44. The molecule has 1 aromatic heterocycles. The summed E-state index contributed by atoms with van der Waals surface area (Å²) < 4.78 is 5.21. The summed E-state index contributed by atoms with van der Waals surface area (Å²) in [5.41, 5.74) is 2.57. The molecule has 1 atom stereocenters. The number of likely N-dealkylation sites (tertiary alicyclic amines) is 3. The van der Waals surface area contributed by atoms with Gasteiger partial charge in [0.15, 0.2) is 0 Å². The van der Waals surface area contributed by atoms with Crippen LogP contribution in [0, 0.1) is 11.3 Å². The Bertz CT molecular complexity index is 931. The fourth-order valence-electron chi connectivity index (χ4n) is 7.54. The maximum Gasteiger partial charge on any atom is 0.409 e. The first kappa shape index (κ1) is 23.1. The Kier molecular flexibility index (Phi) is 6.11. The molecule has 1 spiro atoms. The smallest absolute Gasteiger partial charge is 0.409 e. The third kappa shape index (κ3) is 4.28. The molecule has 3 saturated heterocycles. The standard InChI is InChI=1S/C27H39N5O3/c1-2-35-26(34)30-14-9-27(19-30)15-22(16-27)29-12-7-20(8-13-29)24-6-4-11-32(24)25(33)31-17-21-5-3-10-28-23(21)18-31/h3,5,10,20,22,24H,2,4,6-9,11-19H2,1H3. The van der Waals surface area contributed by atoms with Crippen molar-refractivity contribution in [3.05, 3.63) is 29.6 Å². The Morgan fingerprint density at radius 2 is 1.91 bits per heavy atom. The Labute approximate surface area is 208 Å². The van der Waals surface area contributed by atoms with Crippen LogP contribution in [-0.2, 0) is 17.8 Å². The summed E-state index contributed by atoms with van der Waals surface area (Å²) in [6.45, 7) is 8.56. The molecule has 3 amide bonds. The number of ether oxygens (including phenoxy) is 1. The van der Waals surface area contributed by atoms with Crippen LogP contribution in [-0.4, -0.2) is 88.1 Å². The molecule has 190 valence electrons. The summed E-state index contributed by atoms with van der Waals surface area (Å²) in [6, 6.07) is 5.32. The highest BCUT2D eigenvalue weighted by Gasteiger charge is 2.52. The van der Waals surface area contributed by atoms with E-state index in [1.54, 1.807) is 0 Å². The molecule has 1 aromatic rings. The predicted molar refractivity (Wildman–Crippen MR) is 132 cm³/mol. The van der Waals surface area contributed by atoms with Crippen molar-refractivity contribution in [2.45, 2.75) is 77.0 Å². The molecular weight excluding hydrogens is 442 g/mol. The van der Waals surface area contributed by atoms with Gasteiger partial charge in [0.25, 0.3) is 0 Å². The minimum absolute atomic E-state index is 0.140. The van der Waals surface area contributed by atoms with E-state index in [4.69, 9.17) is 4.74 Å². The van der Waals surface area contributed by atoms with Gasteiger partial charge in [-0.25, -0.2) is 9.59 Å². The summed E-state index contributed by atoms with van der Waals surface area (Å²) >= 11 is 0. The number of piperidine rings is 1. The summed E-state index contributed by atoms with van der Waals surface area (Å²) in [5.74, 6) is 0.612. The van der Waals surface area contributed by atoms with Crippen LogP contribution < -0.4 is 0 Å².